The Balaban J connectivity index is 4.29. The van der Waals surface area contributed by atoms with E-state index in [4.69, 9.17) is 28.2 Å². The number of nitrogens with two attached hydrogens (primary N) is 2. The van der Waals surface area contributed by atoms with Crippen LogP contribution in [0.1, 0.15) is 12.8 Å². The molecule has 0 aromatic carbocycles. The molecule has 0 aromatic heterocycles. The molecule has 5 N–H and O–H groups in total. The van der Waals surface area contributed by atoms with E-state index in [1.807, 2.05) is 0 Å². The highest BCUT2D eigenvalue weighted by molar-refractivity contribution is 6.22. The van der Waals surface area contributed by atoms with Gasteiger partial charge in [-0.25, -0.2) is 4.39 Å². The summed E-state index contributed by atoms with van der Waals surface area (Å²) in [5, 5.41) is 8.54. The Morgan fingerprint density at radius 1 is 1.75 bits per heavy atom. The van der Waals surface area contributed by atoms with Crippen LogP contribution in [0.3, 0.4) is 0 Å². The summed E-state index contributed by atoms with van der Waals surface area (Å²) >= 11 is 5.00. The summed E-state index contributed by atoms with van der Waals surface area (Å²) in [5.74, 6) is -1.45. The molecule has 72 valence electrons. The quantitative estimate of drug-likeness (QED) is 0.545. The molecular weight excluding hydrogens is 187 g/mol. The number of hydrogen-bond donors (Lipinski definition) is 3. The first-order valence-corrected chi connectivity index (χ1v) is 3.89. The Morgan fingerprint density at radius 2 is 2.25 bits per heavy atom. The van der Waals surface area contributed by atoms with Gasteiger partial charge in [-0.1, -0.05) is 11.6 Å². The number of alkyl halides is 2. The van der Waals surface area contributed by atoms with Crippen molar-refractivity contribution < 1.29 is 14.3 Å². The topological polar surface area (TPSA) is 89.3 Å². The van der Waals surface area contributed by atoms with Crippen molar-refractivity contribution in [2.24, 2.45) is 11.5 Å². The maximum Gasteiger partial charge on any atom is 0.328 e. The number of aliphatic carboxylic acids is 1. The molecule has 0 aliphatic rings. The third-order valence-corrected chi connectivity index (χ3v) is 1.97. The van der Waals surface area contributed by atoms with Crippen LogP contribution in [0.2, 0.25) is 0 Å². The van der Waals surface area contributed by atoms with Crippen molar-refractivity contribution in [1.82, 2.24) is 0 Å². The molecule has 0 spiro atoms. The molecule has 0 aliphatic carbocycles. The van der Waals surface area contributed by atoms with Gasteiger partial charge in [0.25, 0.3) is 0 Å². The molecule has 0 unspecified atom stereocenters. The van der Waals surface area contributed by atoms with Crippen LogP contribution in [-0.2, 0) is 4.79 Å². The van der Waals surface area contributed by atoms with E-state index >= 15 is 0 Å². The normalized spacial score (nSPS) is 18.3. The lowest BCUT2D eigenvalue weighted by molar-refractivity contribution is -0.145. The second-order valence-corrected chi connectivity index (χ2v) is 2.92. The molecule has 0 heterocycles. The van der Waals surface area contributed by atoms with Crippen molar-refractivity contribution in [1.29, 1.82) is 0 Å². The van der Waals surface area contributed by atoms with Gasteiger partial charge in [0.15, 0.2) is 5.54 Å². The summed E-state index contributed by atoms with van der Waals surface area (Å²) < 4.78 is 12.5. The summed E-state index contributed by atoms with van der Waals surface area (Å²) in [6.45, 7) is 0.260. The van der Waals surface area contributed by atoms with Crippen LogP contribution in [0.15, 0.2) is 0 Å². The lowest BCUT2D eigenvalue weighted by Gasteiger charge is -2.24. The van der Waals surface area contributed by atoms with Gasteiger partial charge in [0, 0.05) is 0 Å². The fourth-order valence-corrected chi connectivity index (χ4v) is 0.906. The number of carboxylic acid groups (broad SMARTS) is 1. The van der Waals surface area contributed by atoms with Gasteiger partial charge < -0.3 is 16.6 Å². The van der Waals surface area contributed by atoms with Crippen molar-refractivity contribution in [2.75, 3.05) is 6.54 Å². The molecule has 0 radical (unpaired) electrons. The third kappa shape index (κ3) is 2.58. The summed E-state index contributed by atoms with van der Waals surface area (Å²) in [5.41, 5.74) is 6.22. The molecule has 0 aliphatic heterocycles. The van der Waals surface area contributed by atoms with Crippen LogP contribution in [0.5, 0.6) is 0 Å². The first-order chi connectivity index (χ1) is 5.45. The molecule has 0 bridgehead atoms. The molecule has 0 saturated heterocycles. The van der Waals surface area contributed by atoms with Crippen LogP contribution in [0, 0.1) is 0 Å². The molecule has 0 rings (SSSR count). The number of carbonyl (C=O) groups is 1. The summed E-state index contributed by atoms with van der Waals surface area (Å²) in [6.07, 6.45) is 0.263. The Hall–Kier alpha value is -0.390. The highest BCUT2D eigenvalue weighted by atomic mass is 35.5. The first kappa shape index (κ1) is 11.6. The summed E-state index contributed by atoms with van der Waals surface area (Å²) in [4.78, 5) is 10.5. The zero-order valence-electron chi connectivity index (χ0n) is 6.46. The van der Waals surface area contributed by atoms with E-state index < -0.39 is 17.1 Å². The molecular formula is C6H12ClFN2O2. The summed E-state index contributed by atoms with van der Waals surface area (Å²) in [7, 11) is 0. The lowest BCUT2D eigenvalue weighted by Crippen LogP contribution is -2.54. The van der Waals surface area contributed by atoms with Crippen LogP contribution >= 0.6 is 11.6 Å². The van der Waals surface area contributed by atoms with Gasteiger partial charge in [-0.3, -0.25) is 4.79 Å². The Kier molecular flexibility index (Phi) is 4.44. The van der Waals surface area contributed by atoms with Gasteiger partial charge in [-0.05, 0) is 19.4 Å². The second kappa shape index (κ2) is 4.59. The largest absolute Gasteiger partial charge is 0.480 e. The minimum Gasteiger partial charge on any atom is -0.480 e. The van der Waals surface area contributed by atoms with Crippen molar-refractivity contribution in [3.8, 4) is 0 Å². The van der Waals surface area contributed by atoms with E-state index in [-0.39, 0.29) is 13.0 Å². The van der Waals surface area contributed by atoms with Gasteiger partial charge in [0.2, 0.25) is 5.63 Å². The second-order valence-electron chi connectivity index (χ2n) is 2.54. The van der Waals surface area contributed by atoms with Crippen molar-refractivity contribution in [3.05, 3.63) is 0 Å². The SMILES string of the molecule is NCCC[C@](N)(C(=O)O)[C@H](F)Cl. The monoisotopic (exact) mass is 198 g/mol. The smallest absolute Gasteiger partial charge is 0.328 e. The molecule has 0 saturated carbocycles. The molecule has 12 heavy (non-hydrogen) atoms. The fourth-order valence-electron chi connectivity index (χ4n) is 0.704. The third-order valence-electron chi connectivity index (χ3n) is 1.58. The zero-order valence-corrected chi connectivity index (χ0v) is 7.22. The van der Waals surface area contributed by atoms with E-state index in [9.17, 15) is 9.18 Å². The van der Waals surface area contributed by atoms with E-state index in [0.29, 0.717) is 6.42 Å². The van der Waals surface area contributed by atoms with E-state index in [1.165, 1.54) is 0 Å². The maximum atomic E-state index is 12.5. The number of rotatable bonds is 5. The van der Waals surface area contributed by atoms with Gasteiger partial charge in [0.1, 0.15) is 0 Å². The van der Waals surface area contributed by atoms with Crippen LogP contribution in [0.4, 0.5) is 4.39 Å². The van der Waals surface area contributed by atoms with Gasteiger partial charge in [0.05, 0.1) is 0 Å². The predicted octanol–water partition coefficient (Wildman–Crippen LogP) is 0.0418. The highest BCUT2D eigenvalue weighted by Gasteiger charge is 2.41. The molecule has 0 amide bonds. The Morgan fingerprint density at radius 3 is 2.50 bits per heavy atom. The van der Waals surface area contributed by atoms with Crippen LogP contribution in [0.25, 0.3) is 0 Å². The fraction of sp³-hybridized carbons (Fsp3) is 0.833. The lowest BCUT2D eigenvalue weighted by atomic mass is 9.96. The van der Waals surface area contributed by atoms with Gasteiger partial charge in [-0.15, -0.1) is 0 Å². The first-order valence-electron chi connectivity index (χ1n) is 3.45. The van der Waals surface area contributed by atoms with E-state index in [0.717, 1.165) is 0 Å². The molecule has 6 heteroatoms. The maximum absolute atomic E-state index is 12.5. The van der Waals surface area contributed by atoms with Gasteiger partial charge in [-0.2, -0.15) is 0 Å². The molecule has 2 atom stereocenters. The Labute approximate surface area is 74.7 Å². The number of carboxylic acids is 1. The minimum absolute atomic E-state index is 0.0660. The zero-order chi connectivity index (χ0) is 9.78. The van der Waals surface area contributed by atoms with E-state index in [2.05, 4.69) is 0 Å². The van der Waals surface area contributed by atoms with Crippen molar-refractivity contribution in [3.63, 3.8) is 0 Å². The number of hydrogen-bond acceptors (Lipinski definition) is 3. The molecule has 0 aromatic rings. The minimum atomic E-state index is -2.10. The summed E-state index contributed by atoms with van der Waals surface area (Å²) in [6, 6.07) is 0. The van der Waals surface area contributed by atoms with Crippen LogP contribution in [-0.4, -0.2) is 28.8 Å². The van der Waals surface area contributed by atoms with E-state index in [1.54, 1.807) is 0 Å². The predicted molar refractivity (Wildman–Crippen MR) is 43.6 cm³/mol. The Bertz CT molecular complexity index is 168. The average Bonchev–Trinajstić information content (AvgIpc) is 1.99. The van der Waals surface area contributed by atoms with Crippen molar-refractivity contribution >= 4 is 17.6 Å². The standard InChI is InChI=1S/C6H12ClFN2O2/c7-4(8)6(10,5(11)12)2-1-3-9/h4H,1-3,9-10H2,(H,11,12)/t4-,6+/m0/s1. The van der Waals surface area contributed by atoms with Crippen LogP contribution < -0.4 is 11.5 Å². The highest BCUT2D eigenvalue weighted by Crippen LogP contribution is 2.20. The van der Waals surface area contributed by atoms with Crippen molar-refractivity contribution in [2.45, 2.75) is 24.0 Å². The molecule has 4 nitrogen and oxygen atoms in total. The molecule has 0 fully saturated rings. The van der Waals surface area contributed by atoms with Gasteiger partial charge >= 0.3 is 5.97 Å². The number of halogens is 2. The average molecular weight is 199 g/mol.